The molecule has 0 bridgehead atoms. The smallest absolute Gasteiger partial charge is 0.327 e. The summed E-state index contributed by atoms with van der Waals surface area (Å²) >= 11 is -1.58. The second-order valence-corrected chi connectivity index (χ2v) is 7.41. The summed E-state index contributed by atoms with van der Waals surface area (Å²) < 4.78 is 17.9. The first kappa shape index (κ1) is 21.1. The van der Waals surface area contributed by atoms with Gasteiger partial charge in [-0.1, -0.05) is 0 Å². The number of rotatable bonds is 7. The average molecular weight is 404 g/mol. The van der Waals surface area contributed by atoms with Crippen molar-refractivity contribution in [2.24, 2.45) is 22.4 Å². The number of hydrogen-bond acceptors (Lipinski definition) is 6. The van der Waals surface area contributed by atoms with Crippen LogP contribution < -0.4 is 11.5 Å². The summed E-state index contributed by atoms with van der Waals surface area (Å²) in [5.74, 6) is -2.59. The minimum absolute atomic E-state index is 0.0740. The van der Waals surface area contributed by atoms with E-state index in [2.05, 4.69) is 4.99 Å². The maximum Gasteiger partial charge on any atom is 0.327 e. The monoisotopic (exact) mass is 404 g/mol. The summed E-state index contributed by atoms with van der Waals surface area (Å²) in [7, 11) is 1.32. The summed E-state index contributed by atoms with van der Waals surface area (Å²) in [6, 6.07) is -1.84. The number of piperazine rings is 1. The van der Waals surface area contributed by atoms with Crippen molar-refractivity contribution in [3.8, 4) is 0 Å². The van der Waals surface area contributed by atoms with Crippen LogP contribution in [0.25, 0.3) is 0 Å². The number of likely N-dealkylation sites (tertiary alicyclic amines) is 1. The van der Waals surface area contributed by atoms with Crippen molar-refractivity contribution in [2.75, 3.05) is 39.8 Å². The maximum atomic E-state index is 12.6. The van der Waals surface area contributed by atoms with Crippen LogP contribution >= 0.6 is 0 Å². The van der Waals surface area contributed by atoms with Gasteiger partial charge in [-0.25, -0.2) is 18.7 Å². The SMILES string of the molecule is COS(=O)N1CCN(C(=O)N2C(=O)[C@H](CCCN=C(N)N)C2C(=O)O)CC1. The van der Waals surface area contributed by atoms with E-state index in [0.717, 1.165) is 4.90 Å². The number of carboxylic acids is 1. The Bertz CT molecular complexity index is 646. The molecular formula is C14H24N6O6S. The van der Waals surface area contributed by atoms with E-state index in [9.17, 15) is 23.7 Å². The zero-order valence-electron chi connectivity index (χ0n) is 14.9. The molecule has 0 aliphatic carbocycles. The number of amides is 3. The first-order chi connectivity index (χ1) is 12.8. The zero-order chi connectivity index (χ0) is 20.1. The molecule has 0 aromatic carbocycles. The number of nitrogens with zero attached hydrogens (tertiary/aromatic N) is 4. The molecule has 0 saturated carbocycles. The lowest BCUT2D eigenvalue weighted by molar-refractivity contribution is -0.167. The molecule has 2 aliphatic rings. The van der Waals surface area contributed by atoms with Crippen molar-refractivity contribution in [3.63, 3.8) is 0 Å². The normalized spacial score (nSPS) is 24.3. The van der Waals surface area contributed by atoms with Gasteiger partial charge in [0.15, 0.2) is 12.0 Å². The molecule has 3 atom stereocenters. The highest BCUT2D eigenvalue weighted by Gasteiger charge is 2.55. The van der Waals surface area contributed by atoms with Crippen LogP contribution in [-0.4, -0.2) is 93.2 Å². The predicted octanol–water partition coefficient (Wildman–Crippen LogP) is -2.09. The summed E-state index contributed by atoms with van der Waals surface area (Å²) in [6.07, 6.45) is 0.707. The van der Waals surface area contributed by atoms with Crippen LogP contribution in [0.3, 0.4) is 0 Å². The molecule has 0 spiro atoms. The molecule has 0 radical (unpaired) electrons. The molecule has 5 N–H and O–H groups in total. The molecule has 2 saturated heterocycles. The van der Waals surface area contributed by atoms with Gasteiger partial charge in [0, 0.05) is 32.7 Å². The third kappa shape index (κ3) is 4.73. The van der Waals surface area contributed by atoms with Crippen LogP contribution in [0, 0.1) is 5.92 Å². The van der Waals surface area contributed by atoms with Gasteiger partial charge in [0.25, 0.3) is 0 Å². The van der Waals surface area contributed by atoms with Crippen LogP contribution in [0.2, 0.25) is 0 Å². The maximum absolute atomic E-state index is 12.6. The molecule has 27 heavy (non-hydrogen) atoms. The first-order valence-electron chi connectivity index (χ1n) is 8.39. The lowest BCUT2D eigenvalue weighted by Crippen LogP contribution is -2.69. The fraction of sp³-hybridized carbons (Fsp3) is 0.714. The highest BCUT2D eigenvalue weighted by Crippen LogP contribution is 2.32. The van der Waals surface area contributed by atoms with E-state index in [4.69, 9.17) is 15.7 Å². The van der Waals surface area contributed by atoms with Crippen LogP contribution in [-0.2, 0) is 25.0 Å². The number of nitrogens with two attached hydrogens (primary N) is 2. The van der Waals surface area contributed by atoms with Crippen molar-refractivity contribution in [1.29, 1.82) is 0 Å². The highest BCUT2D eigenvalue weighted by molar-refractivity contribution is 7.77. The lowest BCUT2D eigenvalue weighted by atomic mass is 9.84. The van der Waals surface area contributed by atoms with Gasteiger partial charge in [0.2, 0.25) is 17.2 Å². The Morgan fingerprint density at radius 1 is 1.30 bits per heavy atom. The molecule has 0 aromatic heterocycles. The van der Waals surface area contributed by atoms with E-state index in [-0.39, 0.29) is 32.0 Å². The zero-order valence-corrected chi connectivity index (χ0v) is 15.8. The number of aliphatic imine (C=N–C) groups is 1. The number of hydrogen-bond donors (Lipinski definition) is 3. The Morgan fingerprint density at radius 3 is 2.44 bits per heavy atom. The number of carboxylic acid groups (broad SMARTS) is 1. The van der Waals surface area contributed by atoms with E-state index in [0.29, 0.717) is 19.5 Å². The number of β-lactam (4-membered cyclic amide) rings is 1. The van der Waals surface area contributed by atoms with Crippen LogP contribution in [0.4, 0.5) is 4.79 Å². The number of imide groups is 1. The summed E-state index contributed by atoms with van der Waals surface area (Å²) in [4.78, 5) is 42.5. The van der Waals surface area contributed by atoms with Gasteiger partial charge in [-0.2, -0.15) is 4.31 Å². The van der Waals surface area contributed by atoms with E-state index in [1.165, 1.54) is 12.0 Å². The van der Waals surface area contributed by atoms with E-state index < -0.39 is 41.1 Å². The number of urea groups is 1. The van der Waals surface area contributed by atoms with E-state index in [1.807, 2.05) is 0 Å². The Morgan fingerprint density at radius 2 is 1.93 bits per heavy atom. The molecule has 2 unspecified atom stereocenters. The minimum atomic E-state index is -1.58. The molecule has 3 amide bonds. The fourth-order valence-electron chi connectivity index (χ4n) is 3.13. The van der Waals surface area contributed by atoms with Gasteiger partial charge in [0.05, 0.1) is 13.0 Å². The van der Waals surface area contributed by atoms with Gasteiger partial charge in [0.1, 0.15) is 0 Å². The van der Waals surface area contributed by atoms with Gasteiger partial charge in [-0.3, -0.25) is 14.0 Å². The highest BCUT2D eigenvalue weighted by atomic mass is 32.2. The third-order valence-corrected chi connectivity index (χ3v) is 5.58. The van der Waals surface area contributed by atoms with E-state index in [1.54, 1.807) is 4.31 Å². The lowest BCUT2D eigenvalue weighted by Gasteiger charge is -2.46. The minimum Gasteiger partial charge on any atom is -0.480 e. The topological polar surface area (TPSA) is 172 Å². The number of carbonyl (C=O) groups excluding carboxylic acids is 2. The molecule has 0 aromatic rings. The predicted molar refractivity (Wildman–Crippen MR) is 95.4 cm³/mol. The molecule has 152 valence electrons. The fourth-order valence-corrected chi connectivity index (χ4v) is 3.80. The average Bonchev–Trinajstić information content (AvgIpc) is 2.64. The van der Waals surface area contributed by atoms with Gasteiger partial charge >= 0.3 is 12.0 Å². The number of guanidine groups is 1. The van der Waals surface area contributed by atoms with Gasteiger partial charge in [-0.05, 0) is 12.8 Å². The molecule has 13 heteroatoms. The standard InChI is InChI=1S/C14H24N6O6S/c1-26-27(25)19-7-5-18(6-8-19)14(24)20-10(12(22)23)9(11(20)21)3-2-4-17-13(15)16/h9-10H,2-8H2,1H3,(H,22,23)(H4,15,16,17)/t9-,10?,27?/m1/s1. The van der Waals surface area contributed by atoms with Crippen molar-refractivity contribution < 1.29 is 27.9 Å². The van der Waals surface area contributed by atoms with Crippen LogP contribution in [0.15, 0.2) is 4.99 Å². The Kier molecular flexibility index (Phi) is 7.10. The molecule has 12 nitrogen and oxygen atoms in total. The van der Waals surface area contributed by atoms with Gasteiger partial charge < -0.3 is 21.5 Å². The first-order valence-corrected chi connectivity index (χ1v) is 9.42. The van der Waals surface area contributed by atoms with Crippen LogP contribution in [0.1, 0.15) is 12.8 Å². The second-order valence-electron chi connectivity index (χ2n) is 6.13. The summed E-state index contributed by atoms with van der Waals surface area (Å²) in [5, 5.41) is 9.43. The Balaban J connectivity index is 1.94. The molecule has 2 heterocycles. The van der Waals surface area contributed by atoms with Crippen molar-refractivity contribution in [3.05, 3.63) is 0 Å². The van der Waals surface area contributed by atoms with Crippen molar-refractivity contribution in [1.82, 2.24) is 14.1 Å². The third-order valence-electron chi connectivity index (χ3n) is 4.50. The largest absolute Gasteiger partial charge is 0.480 e. The van der Waals surface area contributed by atoms with Crippen molar-refractivity contribution in [2.45, 2.75) is 18.9 Å². The van der Waals surface area contributed by atoms with Crippen LogP contribution in [0.5, 0.6) is 0 Å². The molecule has 2 aliphatic heterocycles. The summed E-state index contributed by atoms with van der Waals surface area (Å²) in [5.41, 5.74) is 10.4. The molecular weight excluding hydrogens is 380 g/mol. The molecule has 2 rings (SSSR count). The Labute approximate surface area is 158 Å². The summed E-state index contributed by atoms with van der Waals surface area (Å²) in [6.45, 7) is 1.32. The number of carbonyl (C=O) groups is 3. The second kappa shape index (κ2) is 9.10. The molecule has 2 fully saturated rings. The van der Waals surface area contributed by atoms with Gasteiger partial charge in [-0.15, -0.1) is 0 Å². The van der Waals surface area contributed by atoms with Crippen molar-refractivity contribution >= 4 is 35.1 Å². The van der Waals surface area contributed by atoms with E-state index >= 15 is 0 Å². The quantitative estimate of drug-likeness (QED) is 0.188. The number of aliphatic carboxylic acids is 1. The Hall–Kier alpha value is -2.25.